The third-order valence-corrected chi connectivity index (χ3v) is 3.39. The average molecular weight is 254 g/mol. The first-order chi connectivity index (χ1) is 8.97. The standard InChI is InChI=1S/C15H18N4/c1-10-7-5-6-8-11(10)14-17-16-13-9-12(15(2,3)4)18-19(13)14/h5-9,18H,1-4H3. The Morgan fingerprint density at radius 1 is 1.11 bits per heavy atom. The smallest absolute Gasteiger partial charge is 0.183 e. The van der Waals surface area contributed by atoms with Crippen molar-refractivity contribution in [2.75, 3.05) is 0 Å². The number of aromatic nitrogens is 4. The molecule has 2 heterocycles. The van der Waals surface area contributed by atoms with Gasteiger partial charge in [-0.3, -0.25) is 5.10 Å². The van der Waals surface area contributed by atoms with Gasteiger partial charge in [-0.2, -0.15) is 0 Å². The lowest BCUT2D eigenvalue weighted by Crippen LogP contribution is -2.12. The number of hydrogen-bond acceptors (Lipinski definition) is 2. The number of nitrogens with zero attached hydrogens (tertiary/aromatic N) is 3. The van der Waals surface area contributed by atoms with Crippen LogP contribution in [0.5, 0.6) is 0 Å². The summed E-state index contributed by atoms with van der Waals surface area (Å²) in [5.74, 6) is 0.864. The maximum absolute atomic E-state index is 4.29. The monoisotopic (exact) mass is 254 g/mol. The quantitative estimate of drug-likeness (QED) is 0.724. The van der Waals surface area contributed by atoms with Gasteiger partial charge >= 0.3 is 0 Å². The molecule has 4 heteroatoms. The predicted molar refractivity (Wildman–Crippen MR) is 76.2 cm³/mol. The number of aryl methyl sites for hydroxylation is 1. The van der Waals surface area contributed by atoms with Gasteiger partial charge in [0.05, 0.1) is 0 Å². The van der Waals surface area contributed by atoms with Gasteiger partial charge in [0, 0.05) is 22.7 Å². The molecule has 0 aliphatic heterocycles. The van der Waals surface area contributed by atoms with E-state index in [1.54, 1.807) is 0 Å². The highest BCUT2D eigenvalue weighted by molar-refractivity contribution is 5.63. The third kappa shape index (κ3) is 1.93. The van der Waals surface area contributed by atoms with E-state index in [0.29, 0.717) is 0 Å². The summed E-state index contributed by atoms with van der Waals surface area (Å²) in [5.41, 5.74) is 4.40. The number of rotatable bonds is 1. The third-order valence-electron chi connectivity index (χ3n) is 3.39. The van der Waals surface area contributed by atoms with Crippen molar-refractivity contribution < 1.29 is 0 Å². The van der Waals surface area contributed by atoms with E-state index in [4.69, 9.17) is 0 Å². The Hall–Kier alpha value is -2.10. The summed E-state index contributed by atoms with van der Waals surface area (Å²) in [6, 6.07) is 10.3. The molecule has 98 valence electrons. The summed E-state index contributed by atoms with van der Waals surface area (Å²) in [4.78, 5) is 0. The molecule has 0 unspecified atom stereocenters. The molecule has 0 spiro atoms. The fourth-order valence-electron chi connectivity index (χ4n) is 2.16. The van der Waals surface area contributed by atoms with Gasteiger partial charge in [0.1, 0.15) is 0 Å². The Morgan fingerprint density at radius 3 is 2.53 bits per heavy atom. The Balaban J connectivity index is 2.21. The molecule has 0 radical (unpaired) electrons. The van der Waals surface area contributed by atoms with Gasteiger partial charge in [0.2, 0.25) is 0 Å². The van der Waals surface area contributed by atoms with Crippen molar-refractivity contribution in [2.45, 2.75) is 33.1 Å². The Bertz CT molecular complexity index is 728. The molecule has 3 aromatic rings. The van der Waals surface area contributed by atoms with Crippen LogP contribution in [0, 0.1) is 6.92 Å². The minimum atomic E-state index is 0.0731. The molecular weight excluding hydrogens is 236 g/mol. The van der Waals surface area contributed by atoms with Gasteiger partial charge < -0.3 is 0 Å². The van der Waals surface area contributed by atoms with Crippen LogP contribution in [-0.4, -0.2) is 19.8 Å². The fourth-order valence-corrected chi connectivity index (χ4v) is 2.16. The van der Waals surface area contributed by atoms with Crippen LogP contribution < -0.4 is 0 Å². The summed E-state index contributed by atoms with van der Waals surface area (Å²) in [5, 5.41) is 11.9. The number of aromatic amines is 1. The molecule has 1 N–H and O–H groups in total. The highest BCUT2D eigenvalue weighted by atomic mass is 15.4. The van der Waals surface area contributed by atoms with Crippen LogP contribution in [-0.2, 0) is 5.41 Å². The van der Waals surface area contributed by atoms with Crippen LogP contribution in [0.25, 0.3) is 17.0 Å². The first-order valence-electron chi connectivity index (χ1n) is 6.47. The molecule has 1 aromatic carbocycles. The lowest BCUT2D eigenvalue weighted by molar-refractivity contribution is 0.563. The van der Waals surface area contributed by atoms with E-state index < -0.39 is 0 Å². The van der Waals surface area contributed by atoms with Gasteiger partial charge in [-0.15, -0.1) is 10.2 Å². The van der Waals surface area contributed by atoms with E-state index >= 15 is 0 Å². The van der Waals surface area contributed by atoms with Crippen molar-refractivity contribution in [3.63, 3.8) is 0 Å². The molecule has 0 amide bonds. The first kappa shape index (κ1) is 12.0. The molecule has 2 aromatic heterocycles. The van der Waals surface area contributed by atoms with E-state index in [9.17, 15) is 0 Å². The van der Waals surface area contributed by atoms with Gasteiger partial charge in [-0.05, 0) is 12.5 Å². The maximum Gasteiger partial charge on any atom is 0.183 e. The van der Waals surface area contributed by atoms with E-state index in [1.807, 2.05) is 16.6 Å². The minimum absolute atomic E-state index is 0.0731. The summed E-state index contributed by atoms with van der Waals surface area (Å²) in [6.07, 6.45) is 0. The van der Waals surface area contributed by atoms with Crippen molar-refractivity contribution in [2.24, 2.45) is 0 Å². The summed E-state index contributed by atoms with van der Waals surface area (Å²) in [6.45, 7) is 8.63. The molecule has 4 nitrogen and oxygen atoms in total. The highest BCUT2D eigenvalue weighted by Gasteiger charge is 2.19. The van der Waals surface area contributed by atoms with Gasteiger partial charge in [0.15, 0.2) is 11.5 Å². The van der Waals surface area contributed by atoms with Gasteiger partial charge in [-0.1, -0.05) is 45.0 Å². The molecule has 0 saturated heterocycles. The zero-order valence-electron chi connectivity index (χ0n) is 11.7. The zero-order valence-corrected chi connectivity index (χ0v) is 11.7. The molecule has 0 bridgehead atoms. The van der Waals surface area contributed by atoms with Crippen molar-refractivity contribution in [3.8, 4) is 11.4 Å². The zero-order chi connectivity index (χ0) is 13.6. The highest BCUT2D eigenvalue weighted by Crippen LogP contribution is 2.25. The van der Waals surface area contributed by atoms with E-state index in [0.717, 1.165) is 22.7 Å². The summed E-state index contributed by atoms with van der Waals surface area (Å²) in [7, 11) is 0. The predicted octanol–water partition coefficient (Wildman–Crippen LogP) is 3.33. The topological polar surface area (TPSA) is 46.0 Å². The van der Waals surface area contributed by atoms with Crippen LogP contribution in [0.2, 0.25) is 0 Å². The first-order valence-corrected chi connectivity index (χ1v) is 6.47. The molecular formula is C15H18N4. The minimum Gasteiger partial charge on any atom is -0.294 e. The average Bonchev–Trinajstić information content (AvgIpc) is 2.88. The Labute approximate surface area is 112 Å². The van der Waals surface area contributed by atoms with Crippen LogP contribution in [0.1, 0.15) is 32.0 Å². The summed E-state index contributed by atoms with van der Waals surface area (Å²) >= 11 is 0. The number of benzene rings is 1. The maximum atomic E-state index is 4.29. The second-order valence-electron chi connectivity index (χ2n) is 5.95. The Morgan fingerprint density at radius 2 is 1.84 bits per heavy atom. The number of nitrogens with one attached hydrogen (secondary N) is 1. The number of H-pyrrole nitrogens is 1. The second-order valence-corrected chi connectivity index (χ2v) is 5.95. The van der Waals surface area contributed by atoms with E-state index in [2.05, 4.69) is 61.2 Å². The van der Waals surface area contributed by atoms with E-state index in [-0.39, 0.29) is 5.41 Å². The molecule has 0 fully saturated rings. The second kappa shape index (κ2) is 3.95. The Kier molecular flexibility index (Phi) is 2.49. The van der Waals surface area contributed by atoms with Crippen molar-refractivity contribution in [1.29, 1.82) is 0 Å². The van der Waals surface area contributed by atoms with Gasteiger partial charge in [0.25, 0.3) is 0 Å². The largest absolute Gasteiger partial charge is 0.294 e. The molecule has 0 saturated carbocycles. The molecule has 0 aliphatic carbocycles. The lowest BCUT2D eigenvalue weighted by Gasteiger charge is -2.15. The fraction of sp³-hybridized carbons (Fsp3) is 0.333. The number of fused-ring (bicyclic) bond motifs is 1. The SMILES string of the molecule is Cc1ccccc1-c1nnc2cc(C(C)(C)C)[nH]n12. The van der Waals surface area contributed by atoms with Gasteiger partial charge in [-0.25, -0.2) is 4.52 Å². The molecule has 0 aliphatic rings. The van der Waals surface area contributed by atoms with Crippen molar-refractivity contribution >= 4 is 5.65 Å². The molecule has 3 rings (SSSR count). The van der Waals surface area contributed by atoms with Crippen LogP contribution >= 0.6 is 0 Å². The van der Waals surface area contributed by atoms with E-state index in [1.165, 1.54) is 5.56 Å². The number of hydrogen-bond donors (Lipinski definition) is 1. The lowest BCUT2D eigenvalue weighted by atomic mass is 9.93. The van der Waals surface area contributed by atoms with Crippen molar-refractivity contribution in [3.05, 3.63) is 41.6 Å². The van der Waals surface area contributed by atoms with Crippen LogP contribution in [0.15, 0.2) is 30.3 Å². The van der Waals surface area contributed by atoms with Crippen molar-refractivity contribution in [1.82, 2.24) is 19.8 Å². The van der Waals surface area contributed by atoms with Crippen LogP contribution in [0.3, 0.4) is 0 Å². The summed E-state index contributed by atoms with van der Waals surface area (Å²) < 4.78 is 1.96. The molecule has 0 atom stereocenters. The van der Waals surface area contributed by atoms with Crippen LogP contribution in [0.4, 0.5) is 0 Å². The normalized spacial score (nSPS) is 12.2. The molecule has 19 heavy (non-hydrogen) atoms.